The van der Waals surface area contributed by atoms with Crippen molar-refractivity contribution in [2.24, 2.45) is 17.8 Å². The van der Waals surface area contributed by atoms with Crippen LogP contribution in [-0.4, -0.2) is 43.4 Å². The highest BCUT2D eigenvalue weighted by molar-refractivity contribution is 7.90. The standard InChI is InChI=1S/C34H47ClN2O5S/c1-4-16-34(39)17-7-8-23(2)24(3)43(40,41)36-33(38)26-12-15-32-31(20-26)37(21-27-11-14-30(27)34)18-6-5-9-25-19-29(35)13-10-28(25)22-42-32/h10,12-13,15,19-20,23-24,27,30,39H,4-9,11,14,16-18,21-22H2,1-3H3,(H,36,38)/t23-,24+,27-,30+,34-/m0/s1. The highest BCUT2D eigenvalue weighted by atomic mass is 35.5. The number of amides is 1. The Bertz CT molecular complexity index is 1420. The first-order chi connectivity index (χ1) is 20.5. The van der Waals surface area contributed by atoms with Gasteiger partial charge < -0.3 is 14.7 Å². The number of carbonyl (C=O) groups excluding carboxylic acids is 1. The van der Waals surface area contributed by atoms with Crippen molar-refractivity contribution in [3.63, 3.8) is 0 Å². The van der Waals surface area contributed by atoms with Crippen molar-refractivity contribution in [2.45, 2.75) is 102 Å². The predicted octanol–water partition coefficient (Wildman–Crippen LogP) is 6.89. The highest BCUT2D eigenvalue weighted by Crippen LogP contribution is 2.47. The summed E-state index contributed by atoms with van der Waals surface area (Å²) in [7, 11) is -3.90. The summed E-state index contributed by atoms with van der Waals surface area (Å²) < 4.78 is 35.3. The van der Waals surface area contributed by atoms with Gasteiger partial charge in [0.05, 0.1) is 16.5 Å². The van der Waals surface area contributed by atoms with E-state index in [4.69, 9.17) is 16.3 Å². The molecule has 0 spiro atoms. The topological polar surface area (TPSA) is 95.9 Å². The first-order valence-electron chi connectivity index (χ1n) is 16.1. The summed E-state index contributed by atoms with van der Waals surface area (Å²) in [4.78, 5) is 15.7. The van der Waals surface area contributed by atoms with E-state index in [-0.39, 0.29) is 17.4 Å². The molecule has 2 aromatic carbocycles. The van der Waals surface area contributed by atoms with E-state index < -0.39 is 26.8 Å². The molecule has 2 N–H and O–H groups in total. The molecule has 1 fully saturated rings. The van der Waals surface area contributed by atoms with Crippen LogP contribution in [-0.2, 0) is 23.1 Å². The summed E-state index contributed by atoms with van der Waals surface area (Å²) in [6.45, 7) is 7.59. The minimum absolute atomic E-state index is 0.157. The van der Waals surface area contributed by atoms with Crippen molar-refractivity contribution in [2.75, 3.05) is 18.0 Å². The SMILES string of the molecule is CCC[C@]1(O)CCC[C@H](C)[C@@H](C)S(=O)(=O)NC(=O)c2ccc3c(c2)N(CCCCc2cc(Cl)ccc2CO3)C[C@@H]2CC[C@H]21. The molecule has 0 saturated heterocycles. The second kappa shape index (κ2) is 13.4. The number of sulfonamides is 1. The zero-order valence-electron chi connectivity index (χ0n) is 25.8. The van der Waals surface area contributed by atoms with E-state index in [0.717, 1.165) is 75.7 Å². The number of aryl methyl sites for hydroxylation is 1. The minimum Gasteiger partial charge on any atom is -0.487 e. The van der Waals surface area contributed by atoms with Gasteiger partial charge in [0.25, 0.3) is 5.91 Å². The number of anilines is 1. The molecule has 2 aromatic rings. The monoisotopic (exact) mass is 630 g/mol. The first kappa shape index (κ1) is 32.1. The number of nitrogens with zero attached hydrogens (tertiary/aromatic N) is 1. The molecule has 1 saturated carbocycles. The molecule has 1 amide bonds. The molecule has 0 aromatic heterocycles. The maximum atomic E-state index is 13.4. The zero-order valence-corrected chi connectivity index (χ0v) is 27.4. The Balaban J connectivity index is 1.55. The maximum Gasteiger partial charge on any atom is 0.264 e. The molecular weight excluding hydrogens is 584 g/mol. The van der Waals surface area contributed by atoms with Crippen LogP contribution in [0.3, 0.4) is 0 Å². The molecule has 236 valence electrons. The average Bonchev–Trinajstić information content (AvgIpc) is 2.97. The van der Waals surface area contributed by atoms with Crippen molar-refractivity contribution < 1.29 is 23.1 Å². The average molecular weight is 631 g/mol. The molecule has 0 unspecified atom stereocenters. The number of rotatable bonds is 2. The van der Waals surface area contributed by atoms with Crippen molar-refractivity contribution in [3.05, 3.63) is 58.1 Å². The number of benzene rings is 2. The molecule has 2 bridgehead atoms. The van der Waals surface area contributed by atoms with Gasteiger partial charge in [-0.1, -0.05) is 44.4 Å². The fourth-order valence-electron chi connectivity index (χ4n) is 7.34. The summed E-state index contributed by atoms with van der Waals surface area (Å²) in [5, 5.41) is 12.0. The lowest BCUT2D eigenvalue weighted by molar-refractivity contribution is -0.0941. The Labute approximate surface area is 262 Å². The lowest BCUT2D eigenvalue weighted by Crippen LogP contribution is -2.51. The van der Waals surface area contributed by atoms with Gasteiger partial charge in [-0.25, -0.2) is 13.1 Å². The van der Waals surface area contributed by atoms with Gasteiger partial charge in [0.15, 0.2) is 0 Å². The van der Waals surface area contributed by atoms with Crippen molar-refractivity contribution in [3.8, 4) is 5.75 Å². The van der Waals surface area contributed by atoms with E-state index in [0.29, 0.717) is 36.1 Å². The van der Waals surface area contributed by atoms with E-state index in [1.807, 2.05) is 25.1 Å². The van der Waals surface area contributed by atoms with Crippen molar-refractivity contribution in [1.82, 2.24) is 4.72 Å². The van der Waals surface area contributed by atoms with Crippen molar-refractivity contribution >= 4 is 33.2 Å². The normalized spacial score (nSPS) is 30.0. The van der Waals surface area contributed by atoms with Crippen molar-refractivity contribution in [1.29, 1.82) is 0 Å². The Hall–Kier alpha value is -2.29. The molecule has 9 heteroatoms. The lowest BCUT2D eigenvalue weighted by Gasteiger charge is -2.49. The summed E-state index contributed by atoms with van der Waals surface area (Å²) >= 11 is 6.33. The van der Waals surface area contributed by atoms with Gasteiger partial charge >= 0.3 is 0 Å². The van der Waals surface area contributed by atoms with E-state index in [1.165, 1.54) is 5.56 Å². The van der Waals surface area contributed by atoms with Crippen LogP contribution in [0.2, 0.25) is 5.02 Å². The van der Waals surface area contributed by atoms with Crippen LogP contribution in [0, 0.1) is 17.8 Å². The summed E-state index contributed by atoms with van der Waals surface area (Å²) in [5.41, 5.74) is 2.58. The Morgan fingerprint density at radius 3 is 2.63 bits per heavy atom. The Morgan fingerprint density at radius 1 is 1.07 bits per heavy atom. The molecule has 3 aliphatic rings. The second-order valence-corrected chi connectivity index (χ2v) is 15.6. The number of halogens is 1. The van der Waals surface area contributed by atoms with Crippen LogP contribution >= 0.6 is 11.6 Å². The van der Waals surface area contributed by atoms with Gasteiger partial charge in [-0.05, 0) is 118 Å². The number of ether oxygens (including phenoxy) is 1. The summed E-state index contributed by atoms with van der Waals surface area (Å²) in [6, 6.07) is 11.1. The molecule has 1 aliphatic carbocycles. The van der Waals surface area contributed by atoms with Gasteiger partial charge in [0.1, 0.15) is 12.4 Å². The third-order valence-electron chi connectivity index (χ3n) is 10.3. The molecule has 7 nitrogen and oxygen atoms in total. The van der Waals surface area contributed by atoms with Gasteiger partial charge in [-0.15, -0.1) is 0 Å². The van der Waals surface area contributed by atoms with Gasteiger partial charge in [-0.3, -0.25) is 4.79 Å². The smallest absolute Gasteiger partial charge is 0.264 e. The third kappa shape index (κ3) is 7.18. The van der Waals surface area contributed by atoms with E-state index >= 15 is 0 Å². The fraction of sp³-hybridized carbons (Fsp3) is 0.618. The van der Waals surface area contributed by atoms with E-state index in [1.54, 1.807) is 25.1 Å². The summed E-state index contributed by atoms with van der Waals surface area (Å²) in [6.07, 6.45) is 8.59. The van der Waals surface area contributed by atoms with Gasteiger partial charge in [-0.2, -0.15) is 0 Å². The number of hydrogen-bond donors (Lipinski definition) is 2. The quantitative estimate of drug-likeness (QED) is 0.375. The Kier molecular flexibility index (Phi) is 9.99. The minimum atomic E-state index is -3.90. The molecule has 5 rings (SSSR count). The van der Waals surface area contributed by atoms with Crippen LogP contribution in [0.1, 0.15) is 100 Å². The molecule has 43 heavy (non-hydrogen) atoms. The van der Waals surface area contributed by atoms with E-state index in [9.17, 15) is 18.3 Å². The van der Waals surface area contributed by atoms with Gasteiger partial charge in [0, 0.05) is 23.7 Å². The molecule has 2 aliphatic heterocycles. The maximum absolute atomic E-state index is 13.4. The van der Waals surface area contributed by atoms with Crippen LogP contribution in [0.4, 0.5) is 5.69 Å². The highest BCUT2D eigenvalue weighted by Gasteiger charge is 2.46. The van der Waals surface area contributed by atoms with Crippen LogP contribution in [0.15, 0.2) is 36.4 Å². The third-order valence-corrected chi connectivity index (χ3v) is 12.4. The van der Waals surface area contributed by atoms with Crippen LogP contribution < -0.4 is 14.4 Å². The number of fused-ring (bicyclic) bond motifs is 3. The fourth-order valence-corrected chi connectivity index (χ4v) is 8.84. The van der Waals surface area contributed by atoms with Crippen LogP contribution in [0.25, 0.3) is 0 Å². The predicted molar refractivity (Wildman–Crippen MR) is 172 cm³/mol. The molecule has 2 heterocycles. The first-order valence-corrected chi connectivity index (χ1v) is 18.0. The number of aliphatic hydroxyl groups is 1. The summed E-state index contributed by atoms with van der Waals surface area (Å²) in [5.74, 6) is 0.396. The number of carbonyl (C=O) groups is 1. The second-order valence-electron chi connectivity index (χ2n) is 13.1. The number of hydrogen-bond acceptors (Lipinski definition) is 6. The number of nitrogens with one attached hydrogen (secondary N) is 1. The van der Waals surface area contributed by atoms with Gasteiger partial charge in [0.2, 0.25) is 10.0 Å². The molecule has 0 radical (unpaired) electrons. The van der Waals surface area contributed by atoms with E-state index in [2.05, 4.69) is 16.5 Å². The molecule has 5 atom stereocenters. The molecular formula is C34H47ClN2O5S. The lowest BCUT2D eigenvalue weighted by atomic mass is 9.62. The Morgan fingerprint density at radius 2 is 1.88 bits per heavy atom. The zero-order chi connectivity index (χ0) is 30.8. The van der Waals surface area contributed by atoms with Crippen LogP contribution in [0.5, 0.6) is 5.75 Å². The largest absolute Gasteiger partial charge is 0.487 e.